The third kappa shape index (κ3) is 1.47. The number of hydrogen-bond acceptors (Lipinski definition) is 1. The zero-order valence-electron chi connectivity index (χ0n) is 7.21. The summed E-state index contributed by atoms with van der Waals surface area (Å²) in [4.78, 5) is 0. The number of halogens is 1. The van der Waals surface area contributed by atoms with Gasteiger partial charge in [-0.1, -0.05) is 23.7 Å². The number of hydrogen-bond donors (Lipinski definition) is 1. The molecule has 1 nitrogen and oxygen atoms in total. The second kappa shape index (κ2) is 2.93. The van der Waals surface area contributed by atoms with Crippen LogP contribution in [0.1, 0.15) is 5.56 Å². The van der Waals surface area contributed by atoms with Crippen LogP contribution >= 0.6 is 11.6 Å². The summed E-state index contributed by atoms with van der Waals surface area (Å²) in [6, 6.07) is 9.25. The van der Waals surface area contributed by atoms with Crippen molar-refractivity contribution >= 4 is 22.4 Å². The van der Waals surface area contributed by atoms with E-state index in [0.29, 0.717) is 5.02 Å². The summed E-state index contributed by atoms with van der Waals surface area (Å²) in [7, 11) is 0. The number of rotatable bonds is 0. The maximum Gasteiger partial charge on any atom is 0.123 e. The Kier molecular flexibility index (Phi) is 1.89. The lowest BCUT2D eigenvalue weighted by Crippen LogP contribution is -1.77. The Bertz CT molecular complexity index is 463. The number of fused-ring (bicyclic) bond motifs is 1. The minimum Gasteiger partial charge on any atom is -0.507 e. The number of phenols is 1. The molecule has 0 aromatic heterocycles. The molecule has 0 fully saturated rings. The average Bonchev–Trinajstić information content (AvgIpc) is 2.06. The summed E-state index contributed by atoms with van der Waals surface area (Å²) in [5.41, 5.74) is 1.05. The molecule has 2 heteroatoms. The largest absolute Gasteiger partial charge is 0.507 e. The monoisotopic (exact) mass is 192 g/mol. The van der Waals surface area contributed by atoms with E-state index >= 15 is 0 Å². The Hall–Kier alpha value is -1.21. The van der Waals surface area contributed by atoms with E-state index in [1.807, 2.05) is 25.1 Å². The summed E-state index contributed by atoms with van der Waals surface area (Å²) in [5, 5.41) is 12.1. The molecule has 0 aliphatic rings. The Balaban J connectivity index is 2.87. The molecule has 66 valence electrons. The highest BCUT2D eigenvalue weighted by Crippen LogP contribution is 2.28. The van der Waals surface area contributed by atoms with Gasteiger partial charge in [-0.05, 0) is 36.1 Å². The number of benzene rings is 2. The van der Waals surface area contributed by atoms with Crippen LogP contribution in [0.4, 0.5) is 0 Å². The first-order chi connectivity index (χ1) is 6.16. The third-order valence-corrected chi connectivity index (χ3v) is 2.27. The molecule has 1 N–H and O–H groups in total. The van der Waals surface area contributed by atoms with Crippen molar-refractivity contribution in [3.63, 3.8) is 0 Å². The highest BCUT2D eigenvalue weighted by Gasteiger charge is 2.00. The van der Waals surface area contributed by atoms with Crippen LogP contribution in [-0.4, -0.2) is 5.11 Å². The van der Waals surface area contributed by atoms with Crippen molar-refractivity contribution in [1.82, 2.24) is 0 Å². The number of aryl methyl sites for hydroxylation is 1. The quantitative estimate of drug-likeness (QED) is 0.677. The lowest BCUT2D eigenvalue weighted by atomic mass is 10.1. The van der Waals surface area contributed by atoms with Gasteiger partial charge >= 0.3 is 0 Å². The van der Waals surface area contributed by atoms with E-state index in [-0.39, 0.29) is 5.75 Å². The second-order valence-electron chi connectivity index (χ2n) is 3.15. The van der Waals surface area contributed by atoms with Crippen LogP contribution in [0, 0.1) is 6.92 Å². The summed E-state index contributed by atoms with van der Waals surface area (Å²) in [6.45, 7) is 1.95. The molecule has 0 aliphatic carbocycles. The van der Waals surface area contributed by atoms with Crippen LogP contribution in [-0.2, 0) is 0 Å². The zero-order chi connectivity index (χ0) is 9.42. The molecular weight excluding hydrogens is 184 g/mol. The smallest absolute Gasteiger partial charge is 0.123 e. The van der Waals surface area contributed by atoms with Gasteiger partial charge in [0, 0.05) is 10.4 Å². The van der Waals surface area contributed by atoms with E-state index in [4.69, 9.17) is 11.6 Å². The third-order valence-electron chi connectivity index (χ3n) is 2.04. The fourth-order valence-electron chi connectivity index (χ4n) is 1.46. The molecule has 2 aromatic carbocycles. The van der Waals surface area contributed by atoms with E-state index < -0.39 is 0 Å². The van der Waals surface area contributed by atoms with E-state index in [0.717, 1.165) is 16.3 Å². The van der Waals surface area contributed by atoms with Crippen LogP contribution in [0.25, 0.3) is 10.8 Å². The summed E-state index contributed by atoms with van der Waals surface area (Å²) >= 11 is 5.82. The fraction of sp³-hybridized carbons (Fsp3) is 0.0909. The van der Waals surface area contributed by atoms with E-state index in [9.17, 15) is 5.11 Å². The Morgan fingerprint density at radius 1 is 1.15 bits per heavy atom. The molecule has 0 heterocycles. The standard InChI is InChI=1S/C11H9ClO/c1-7-4-8-2-3-9(12)6-10(8)11(13)5-7/h2-6,13H,1H3. The average molecular weight is 193 g/mol. The van der Waals surface area contributed by atoms with Gasteiger partial charge < -0.3 is 5.11 Å². The van der Waals surface area contributed by atoms with E-state index in [1.165, 1.54) is 0 Å². The summed E-state index contributed by atoms with van der Waals surface area (Å²) < 4.78 is 0. The SMILES string of the molecule is Cc1cc(O)c2cc(Cl)ccc2c1. The zero-order valence-corrected chi connectivity index (χ0v) is 7.97. The van der Waals surface area contributed by atoms with Gasteiger partial charge in [0.25, 0.3) is 0 Å². The summed E-state index contributed by atoms with van der Waals surface area (Å²) in [5.74, 6) is 0.289. The molecule has 0 aliphatic heterocycles. The van der Waals surface area contributed by atoms with Crippen molar-refractivity contribution in [3.8, 4) is 5.75 Å². The molecule has 0 spiro atoms. The fourth-order valence-corrected chi connectivity index (χ4v) is 1.63. The van der Waals surface area contributed by atoms with Crippen LogP contribution < -0.4 is 0 Å². The first-order valence-corrected chi connectivity index (χ1v) is 4.43. The van der Waals surface area contributed by atoms with E-state index in [1.54, 1.807) is 12.1 Å². The normalized spacial score (nSPS) is 10.6. The molecule has 2 rings (SSSR count). The highest BCUT2D eigenvalue weighted by atomic mass is 35.5. The lowest BCUT2D eigenvalue weighted by Gasteiger charge is -2.02. The van der Waals surface area contributed by atoms with Crippen LogP contribution in [0.15, 0.2) is 30.3 Å². The van der Waals surface area contributed by atoms with Gasteiger partial charge in [-0.3, -0.25) is 0 Å². The highest BCUT2D eigenvalue weighted by molar-refractivity contribution is 6.31. The molecule has 0 saturated carbocycles. The minimum absolute atomic E-state index is 0.289. The molecule has 0 bridgehead atoms. The molecule has 0 unspecified atom stereocenters. The van der Waals surface area contributed by atoms with Gasteiger partial charge in [0.05, 0.1) is 0 Å². The second-order valence-corrected chi connectivity index (χ2v) is 3.59. The Morgan fingerprint density at radius 2 is 1.92 bits per heavy atom. The van der Waals surface area contributed by atoms with Gasteiger partial charge in [-0.15, -0.1) is 0 Å². The predicted octanol–water partition coefficient (Wildman–Crippen LogP) is 3.51. The Labute approximate surface area is 81.6 Å². The maximum atomic E-state index is 9.62. The van der Waals surface area contributed by atoms with E-state index in [2.05, 4.69) is 0 Å². The summed E-state index contributed by atoms with van der Waals surface area (Å²) in [6.07, 6.45) is 0. The molecule has 0 saturated heterocycles. The van der Waals surface area contributed by atoms with Crippen molar-refractivity contribution in [2.45, 2.75) is 6.92 Å². The molecule has 0 amide bonds. The molecular formula is C11H9ClO. The minimum atomic E-state index is 0.289. The lowest BCUT2D eigenvalue weighted by molar-refractivity contribution is 0.481. The van der Waals surface area contributed by atoms with Gasteiger partial charge in [0.15, 0.2) is 0 Å². The van der Waals surface area contributed by atoms with Gasteiger partial charge in [0.2, 0.25) is 0 Å². The van der Waals surface area contributed by atoms with Crippen molar-refractivity contribution < 1.29 is 5.11 Å². The number of phenolic OH excluding ortho intramolecular Hbond substituents is 1. The van der Waals surface area contributed by atoms with Crippen LogP contribution in [0.3, 0.4) is 0 Å². The topological polar surface area (TPSA) is 20.2 Å². The maximum absolute atomic E-state index is 9.62. The van der Waals surface area contributed by atoms with Gasteiger partial charge in [0.1, 0.15) is 5.75 Å². The van der Waals surface area contributed by atoms with Crippen LogP contribution in [0.2, 0.25) is 5.02 Å². The molecule has 0 atom stereocenters. The first kappa shape index (κ1) is 8.39. The molecule has 2 aromatic rings. The molecule has 0 radical (unpaired) electrons. The van der Waals surface area contributed by atoms with Crippen molar-refractivity contribution in [2.75, 3.05) is 0 Å². The predicted molar refractivity (Wildman–Crippen MR) is 55.4 cm³/mol. The number of aromatic hydroxyl groups is 1. The van der Waals surface area contributed by atoms with Crippen molar-refractivity contribution in [1.29, 1.82) is 0 Å². The van der Waals surface area contributed by atoms with Crippen molar-refractivity contribution in [3.05, 3.63) is 40.9 Å². The van der Waals surface area contributed by atoms with Gasteiger partial charge in [-0.25, -0.2) is 0 Å². The molecule has 13 heavy (non-hydrogen) atoms. The Morgan fingerprint density at radius 3 is 2.69 bits per heavy atom. The first-order valence-electron chi connectivity index (χ1n) is 4.06. The van der Waals surface area contributed by atoms with Crippen LogP contribution in [0.5, 0.6) is 5.75 Å². The van der Waals surface area contributed by atoms with Crippen molar-refractivity contribution in [2.24, 2.45) is 0 Å². The van der Waals surface area contributed by atoms with Gasteiger partial charge in [-0.2, -0.15) is 0 Å².